The highest BCUT2D eigenvalue weighted by Crippen LogP contribution is 2.19. The van der Waals surface area contributed by atoms with E-state index < -0.39 is 0 Å². The highest BCUT2D eigenvalue weighted by Gasteiger charge is 2.22. The van der Waals surface area contributed by atoms with Crippen LogP contribution in [0.5, 0.6) is 6.01 Å². The van der Waals surface area contributed by atoms with Gasteiger partial charge in [0, 0.05) is 13.1 Å². The number of aromatic nitrogens is 3. The molecule has 0 saturated carbocycles. The van der Waals surface area contributed by atoms with Crippen LogP contribution >= 0.6 is 0 Å². The third kappa shape index (κ3) is 3.44. The Hall–Kier alpha value is -1.63. The average Bonchev–Trinajstić information content (AvgIpc) is 2.40. The van der Waals surface area contributed by atoms with Crippen LogP contribution in [0.15, 0.2) is 0 Å². The molecule has 1 aromatic rings. The Morgan fingerprint density at radius 3 is 2.89 bits per heavy atom. The number of hydrogen-bond donors (Lipinski definition) is 1. The van der Waals surface area contributed by atoms with Gasteiger partial charge in [0.25, 0.3) is 0 Å². The maximum absolute atomic E-state index is 5.43. The highest BCUT2D eigenvalue weighted by atomic mass is 16.5. The van der Waals surface area contributed by atoms with Crippen LogP contribution in [-0.2, 0) is 4.74 Å². The first kappa shape index (κ1) is 13.8. The van der Waals surface area contributed by atoms with Crippen LogP contribution < -0.4 is 15.0 Å². The van der Waals surface area contributed by atoms with Gasteiger partial charge in [0.15, 0.2) is 0 Å². The largest absolute Gasteiger partial charge is 0.464 e. The SMILES string of the molecule is CCNc1nc(OCC)nc(N2CCOCC2C)n1. The zero-order valence-corrected chi connectivity index (χ0v) is 11.7. The summed E-state index contributed by atoms with van der Waals surface area (Å²) < 4.78 is 10.8. The van der Waals surface area contributed by atoms with Gasteiger partial charge in [0.1, 0.15) is 0 Å². The van der Waals surface area contributed by atoms with Crippen molar-refractivity contribution in [2.75, 3.05) is 43.1 Å². The molecule has 0 radical (unpaired) electrons. The maximum Gasteiger partial charge on any atom is 0.323 e. The van der Waals surface area contributed by atoms with Crippen molar-refractivity contribution in [2.45, 2.75) is 26.8 Å². The van der Waals surface area contributed by atoms with E-state index in [2.05, 4.69) is 32.1 Å². The lowest BCUT2D eigenvalue weighted by atomic mass is 10.3. The molecule has 0 bridgehead atoms. The molecule has 1 fully saturated rings. The molecule has 2 heterocycles. The molecule has 106 valence electrons. The van der Waals surface area contributed by atoms with Gasteiger partial charge in [0.05, 0.1) is 25.9 Å². The minimum absolute atomic E-state index is 0.250. The van der Waals surface area contributed by atoms with Gasteiger partial charge in [-0.1, -0.05) is 0 Å². The van der Waals surface area contributed by atoms with Crippen molar-refractivity contribution >= 4 is 11.9 Å². The van der Waals surface area contributed by atoms with Gasteiger partial charge in [-0.05, 0) is 20.8 Å². The average molecular weight is 267 g/mol. The lowest BCUT2D eigenvalue weighted by Crippen LogP contribution is -2.44. The van der Waals surface area contributed by atoms with Crippen LogP contribution in [0, 0.1) is 0 Å². The first-order valence-electron chi connectivity index (χ1n) is 6.71. The molecule has 0 aromatic carbocycles. The molecule has 1 unspecified atom stereocenters. The molecule has 1 N–H and O–H groups in total. The summed E-state index contributed by atoms with van der Waals surface area (Å²) in [5, 5.41) is 3.10. The number of ether oxygens (including phenoxy) is 2. The van der Waals surface area contributed by atoms with E-state index >= 15 is 0 Å². The maximum atomic E-state index is 5.43. The fourth-order valence-electron chi connectivity index (χ4n) is 1.93. The van der Waals surface area contributed by atoms with E-state index in [1.165, 1.54) is 0 Å². The summed E-state index contributed by atoms with van der Waals surface area (Å²) in [5.41, 5.74) is 0. The minimum atomic E-state index is 0.250. The van der Waals surface area contributed by atoms with Crippen LogP contribution in [-0.4, -0.2) is 53.9 Å². The Labute approximate surface area is 113 Å². The van der Waals surface area contributed by atoms with Crippen molar-refractivity contribution in [1.29, 1.82) is 0 Å². The molecule has 2 rings (SSSR count). The summed E-state index contributed by atoms with van der Waals surface area (Å²) in [6, 6.07) is 0.613. The van der Waals surface area contributed by atoms with E-state index in [-0.39, 0.29) is 6.04 Å². The molecule has 1 aromatic heterocycles. The molecule has 0 amide bonds. The summed E-state index contributed by atoms with van der Waals surface area (Å²) in [6.07, 6.45) is 0. The van der Waals surface area contributed by atoms with E-state index in [0.717, 1.165) is 13.1 Å². The van der Waals surface area contributed by atoms with Gasteiger partial charge in [-0.15, -0.1) is 0 Å². The third-order valence-electron chi connectivity index (χ3n) is 2.84. The van der Waals surface area contributed by atoms with E-state index in [4.69, 9.17) is 9.47 Å². The normalized spacial score (nSPS) is 19.3. The lowest BCUT2D eigenvalue weighted by molar-refractivity contribution is 0.0979. The van der Waals surface area contributed by atoms with E-state index in [1.807, 2.05) is 13.8 Å². The van der Waals surface area contributed by atoms with Crippen molar-refractivity contribution in [2.24, 2.45) is 0 Å². The third-order valence-corrected chi connectivity index (χ3v) is 2.84. The molecule has 1 saturated heterocycles. The van der Waals surface area contributed by atoms with Crippen LogP contribution in [0.1, 0.15) is 20.8 Å². The van der Waals surface area contributed by atoms with Crippen LogP contribution in [0.25, 0.3) is 0 Å². The van der Waals surface area contributed by atoms with Crippen LogP contribution in [0.3, 0.4) is 0 Å². The number of hydrogen-bond acceptors (Lipinski definition) is 7. The summed E-state index contributed by atoms with van der Waals surface area (Å²) in [6.45, 7) is 9.46. The predicted molar refractivity (Wildman–Crippen MR) is 72.8 cm³/mol. The molecule has 0 aliphatic carbocycles. The molecule has 7 heteroatoms. The first-order chi connectivity index (χ1) is 9.24. The number of morpholine rings is 1. The molecular weight excluding hydrogens is 246 g/mol. The Kier molecular flexibility index (Phi) is 4.73. The standard InChI is InChI=1S/C12H21N5O2/c1-4-13-10-14-11(16-12(15-10)19-5-2)17-6-7-18-8-9(17)3/h9H,4-8H2,1-3H3,(H,13,14,15,16). The van der Waals surface area contributed by atoms with Crippen molar-refractivity contribution in [1.82, 2.24) is 15.0 Å². The highest BCUT2D eigenvalue weighted by molar-refractivity contribution is 5.39. The Bertz CT molecular complexity index is 391. The predicted octanol–water partition coefficient (Wildman–Crippen LogP) is 0.927. The van der Waals surface area contributed by atoms with Gasteiger partial charge >= 0.3 is 6.01 Å². The molecule has 1 atom stereocenters. The zero-order valence-electron chi connectivity index (χ0n) is 11.7. The second-order valence-corrected chi connectivity index (χ2v) is 4.32. The summed E-state index contributed by atoms with van der Waals surface area (Å²) in [4.78, 5) is 15.1. The number of anilines is 2. The monoisotopic (exact) mass is 267 g/mol. The molecule has 1 aliphatic rings. The van der Waals surface area contributed by atoms with Gasteiger partial charge in [0.2, 0.25) is 11.9 Å². The van der Waals surface area contributed by atoms with Crippen molar-refractivity contribution < 1.29 is 9.47 Å². The second kappa shape index (κ2) is 6.51. The summed E-state index contributed by atoms with van der Waals surface area (Å²) >= 11 is 0. The van der Waals surface area contributed by atoms with Gasteiger partial charge in [-0.25, -0.2) is 0 Å². The second-order valence-electron chi connectivity index (χ2n) is 4.32. The molecular formula is C12H21N5O2. The molecule has 7 nitrogen and oxygen atoms in total. The van der Waals surface area contributed by atoms with Crippen molar-refractivity contribution in [3.05, 3.63) is 0 Å². The van der Waals surface area contributed by atoms with Crippen LogP contribution in [0.2, 0.25) is 0 Å². The number of nitrogens with zero attached hydrogens (tertiary/aromatic N) is 4. The Morgan fingerprint density at radius 1 is 1.37 bits per heavy atom. The number of nitrogens with one attached hydrogen (secondary N) is 1. The zero-order chi connectivity index (χ0) is 13.7. The summed E-state index contributed by atoms with van der Waals surface area (Å²) in [5.74, 6) is 1.19. The molecule has 19 heavy (non-hydrogen) atoms. The van der Waals surface area contributed by atoms with E-state index in [9.17, 15) is 0 Å². The molecule has 0 spiro atoms. The summed E-state index contributed by atoms with van der Waals surface area (Å²) in [7, 11) is 0. The quantitative estimate of drug-likeness (QED) is 0.850. The Balaban J connectivity index is 2.26. The van der Waals surface area contributed by atoms with E-state index in [0.29, 0.717) is 37.7 Å². The van der Waals surface area contributed by atoms with E-state index in [1.54, 1.807) is 0 Å². The van der Waals surface area contributed by atoms with Crippen LogP contribution in [0.4, 0.5) is 11.9 Å². The van der Waals surface area contributed by atoms with Crippen molar-refractivity contribution in [3.8, 4) is 6.01 Å². The minimum Gasteiger partial charge on any atom is -0.464 e. The van der Waals surface area contributed by atoms with Gasteiger partial charge < -0.3 is 19.7 Å². The fraction of sp³-hybridized carbons (Fsp3) is 0.750. The number of rotatable bonds is 5. The van der Waals surface area contributed by atoms with Gasteiger partial charge in [-0.3, -0.25) is 0 Å². The van der Waals surface area contributed by atoms with Gasteiger partial charge in [-0.2, -0.15) is 15.0 Å². The fourth-order valence-corrected chi connectivity index (χ4v) is 1.93. The Morgan fingerprint density at radius 2 is 2.21 bits per heavy atom. The molecule has 1 aliphatic heterocycles. The topological polar surface area (TPSA) is 72.4 Å². The lowest BCUT2D eigenvalue weighted by Gasteiger charge is -2.33. The first-order valence-corrected chi connectivity index (χ1v) is 6.71. The van der Waals surface area contributed by atoms with Crippen molar-refractivity contribution in [3.63, 3.8) is 0 Å². The smallest absolute Gasteiger partial charge is 0.323 e.